The summed E-state index contributed by atoms with van der Waals surface area (Å²) in [6.07, 6.45) is 9.08. The number of amides is 1. The number of carbonyl (C=O) groups is 1. The van der Waals surface area contributed by atoms with Crippen LogP contribution in [-0.2, 0) is 11.3 Å². The van der Waals surface area contributed by atoms with Crippen molar-refractivity contribution in [1.29, 1.82) is 0 Å². The Kier molecular flexibility index (Phi) is 5.15. The molecular weight excluding hydrogens is 302 g/mol. The molecule has 0 saturated carbocycles. The summed E-state index contributed by atoms with van der Waals surface area (Å²) in [5.41, 5.74) is 2.89. The van der Waals surface area contributed by atoms with E-state index in [9.17, 15) is 4.79 Å². The highest BCUT2D eigenvalue weighted by molar-refractivity contribution is 5.79. The van der Waals surface area contributed by atoms with Crippen molar-refractivity contribution in [1.82, 2.24) is 24.8 Å². The molecule has 2 aromatic rings. The van der Waals surface area contributed by atoms with Crippen molar-refractivity contribution in [3.05, 3.63) is 53.9 Å². The maximum atomic E-state index is 12.7. The minimum Gasteiger partial charge on any atom is -0.333 e. The van der Waals surface area contributed by atoms with E-state index in [4.69, 9.17) is 0 Å². The molecule has 0 unspecified atom stereocenters. The highest BCUT2D eigenvalue weighted by Crippen LogP contribution is 2.30. The third kappa shape index (κ3) is 3.94. The molecule has 0 bridgehead atoms. The minimum atomic E-state index is 0.0525. The van der Waals surface area contributed by atoms with E-state index in [1.807, 2.05) is 42.1 Å². The van der Waals surface area contributed by atoms with E-state index in [2.05, 4.69) is 15.0 Å². The van der Waals surface area contributed by atoms with E-state index >= 15 is 0 Å². The Morgan fingerprint density at radius 1 is 1.33 bits per heavy atom. The van der Waals surface area contributed by atoms with Gasteiger partial charge in [0.15, 0.2) is 0 Å². The Bertz CT molecular complexity index is 691. The first-order chi connectivity index (χ1) is 11.6. The number of aromatic nitrogens is 3. The van der Waals surface area contributed by atoms with Gasteiger partial charge in [0.1, 0.15) is 0 Å². The predicted octanol–water partition coefficient (Wildman–Crippen LogP) is 1.98. The minimum absolute atomic E-state index is 0.0525. The van der Waals surface area contributed by atoms with E-state index in [0.717, 1.165) is 36.3 Å². The third-order valence-corrected chi connectivity index (χ3v) is 4.27. The van der Waals surface area contributed by atoms with Crippen molar-refractivity contribution in [2.75, 3.05) is 20.1 Å². The van der Waals surface area contributed by atoms with Gasteiger partial charge in [0.05, 0.1) is 30.2 Å². The number of rotatable bonds is 5. The van der Waals surface area contributed by atoms with Crippen LogP contribution in [0, 0.1) is 6.92 Å². The van der Waals surface area contributed by atoms with E-state index < -0.39 is 0 Å². The van der Waals surface area contributed by atoms with Crippen molar-refractivity contribution < 1.29 is 4.79 Å². The molecule has 1 atom stereocenters. The molecule has 0 spiro atoms. The van der Waals surface area contributed by atoms with Crippen LogP contribution in [0.3, 0.4) is 0 Å². The molecule has 1 saturated heterocycles. The summed E-state index contributed by atoms with van der Waals surface area (Å²) < 4.78 is 0. The maximum absolute atomic E-state index is 12.7. The normalized spacial score (nSPS) is 17.5. The van der Waals surface area contributed by atoms with Crippen molar-refractivity contribution in [3.8, 4) is 0 Å². The number of nitrogens with zero attached hydrogens (tertiary/aromatic N) is 5. The molecule has 0 aliphatic carbocycles. The molecule has 1 aliphatic rings. The van der Waals surface area contributed by atoms with Crippen LogP contribution in [0.5, 0.6) is 0 Å². The van der Waals surface area contributed by atoms with Gasteiger partial charge >= 0.3 is 0 Å². The fourth-order valence-corrected chi connectivity index (χ4v) is 3.20. The number of hydrogen-bond acceptors (Lipinski definition) is 5. The summed E-state index contributed by atoms with van der Waals surface area (Å²) >= 11 is 0. The maximum Gasteiger partial charge on any atom is 0.237 e. The van der Waals surface area contributed by atoms with Gasteiger partial charge in [-0.3, -0.25) is 24.6 Å². The number of pyridine rings is 1. The van der Waals surface area contributed by atoms with Gasteiger partial charge in [0.2, 0.25) is 5.91 Å². The number of likely N-dealkylation sites (tertiary alicyclic amines) is 1. The van der Waals surface area contributed by atoms with Gasteiger partial charge < -0.3 is 4.90 Å². The van der Waals surface area contributed by atoms with Gasteiger partial charge in [-0.2, -0.15) is 0 Å². The van der Waals surface area contributed by atoms with E-state index in [1.54, 1.807) is 18.6 Å². The average molecular weight is 325 g/mol. The predicted molar refractivity (Wildman–Crippen MR) is 91.0 cm³/mol. The standard InChI is InChI=1S/C18H23N5O/c1-14-9-20-11-16(21-14)17-6-4-8-23(17)18(24)13-22(2)12-15-5-3-7-19-10-15/h3,5,7,9-11,17H,4,6,8,12-13H2,1-2H3/t17-/m1/s1. The smallest absolute Gasteiger partial charge is 0.237 e. The zero-order valence-electron chi connectivity index (χ0n) is 14.2. The molecule has 6 heteroatoms. The zero-order valence-corrected chi connectivity index (χ0v) is 14.2. The Morgan fingerprint density at radius 2 is 2.21 bits per heavy atom. The third-order valence-electron chi connectivity index (χ3n) is 4.27. The van der Waals surface area contributed by atoms with E-state index in [1.165, 1.54) is 0 Å². The lowest BCUT2D eigenvalue weighted by Crippen LogP contribution is -2.38. The summed E-state index contributed by atoms with van der Waals surface area (Å²) in [6.45, 7) is 3.83. The Balaban J connectivity index is 1.63. The zero-order chi connectivity index (χ0) is 16.9. The summed E-state index contributed by atoms with van der Waals surface area (Å²) in [7, 11) is 1.96. The monoisotopic (exact) mass is 325 g/mol. The molecule has 1 amide bonds. The topological polar surface area (TPSA) is 62.2 Å². The molecule has 24 heavy (non-hydrogen) atoms. The highest BCUT2D eigenvalue weighted by Gasteiger charge is 2.31. The first-order valence-electron chi connectivity index (χ1n) is 8.29. The lowest BCUT2D eigenvalue weighted by Gasteiger charge is -2.26. The van der Waals surface area contributed by atoms with Crippen LogP contribution in [0.1, 0.15) is 35.8 Å². The highest BCUT2D eigenvalue weighted by atomic mass is 16.2. The molecule has 3 heterocycles. The average Bonchev–Trinajstić information content (AvgIpc) is 3.05. The summed E-state index contributed by atoms with van der Waals surface area (Å²) in [6, 6.07) is 3.99. The van der Waals surface area contributed by atoms with Gasteiger partial charge in [-0.05, 0) is 38.4 Å². The second-order valence-corrected chi connectivity index (χ2v) is 6.36. The van der Waals surface area contributed by atoms with Gasteiger partial charge in [-0.15, -0.1) is 0 Å². The fraction of sp³-hybridized carbons (Fsp3) is 0.444. The molecule has 0 N–H and O–H groups in total. The first-order valence-corrected chi connectivity index (χ1v) is 8.29. The molecule has 126 valence electrons. The Morgan fingerprint density at radius 3 is 2.96 bits per heavy atom. The fourth-order valence-electron chi connectivity index (χ4n) is 3.20. The Hall–Kier alpha value is -2.34. The summed E-state index contributed by atoms with van der Waals surface area (Å²) in [4.78, 5) is 29.6. The van der Waals surface area contributed by atoms with E-state index in [-0.39, 0.29) is 11.9 Å². The number of carbonyl (C=O) groups excluding carboxylic acids is 1. The molecule has 1 aliphatic heterocycles. The number of likely N-dealkylation sites (N-methyl/N-ethyl adjacent to an activating group) is 1. The van der Waals surface area contributed by atoms with Crippen molar-refractivity contribution in [3.63, 3.8) is 0 Å². The summed E-state index contributed by atoms with van der Waals surface area (Å²) in [5.74, 6) is 0.146. The van der Waals surface area contributed by atoms with Gasteiger partial charge in [-0.1, -0.05) is 6.07 Å². The lowest BCUT2D eigenvalue weighted by molar-refractivity contribution is -0.133. The molecule has 6 nitrogen and oxygen atoms in total. The van der Waals surface area contributed by atoms with Crippen LogP contribution in [0.25, 0.3) is 0 Å². The van der Waals surface area contributed by atoms with Crippen LogP contribution in [0.15, 0.2) is 36.9 Å². The molecular formula is C18H23N5O. The van der Waals surface area contributed by atoms with Crippen molar-refractivity contribution >= 4 is 5.91 Å². The van der Waals surface area contributed by atoms with Crippen LogP contribution < -0.4 is 0 Å². The number of aryl methyl sites for hydroxylation is 1. The van der Waals surface area contributed by atoms with Crippen LogP contribution in [0.2, 0.25) is 0 Å². The molecule has 3 rings (SSSR count). The molecule has 1 fully saturated rings. The second-order valence-electron chi connectivity index (χ2n) is 6.36. The van der Waals surface area contributed by atoms with Gasteiger partial charge in [-0.25, -0.2) is 0 Å². The first kappa shape index (κ1) is 16.5. The van der Waals surface area contributed by atoms with Gasteiger partial charge in [0, 0.05) is 31.7 Å². The SMILES string of the molecule is Cc1cncc([C@H]2CCCN2C(=O)CN(C)Cc2cccnc2)n1. The second kappa shape index (κ2) is 7.49. The lowest BCUT2D eigenvalue weighted by atomic mass is 10.1. The van der Waals surface area contributed by atoms with Crippen LogP contribution >= 0.6 is 0 Å². The quantitative estimate of drug-likeness (QED) is 0.841. The van der Waals surface area contributed by atoms with Crippen molar-refractivity contribution in [2.45, 2.75) is 32.4 Å². The number of hydrogen-bond donors (Lipinski definition) is 0. The van der Waals surface area contributed by atoms with Gasteiger partial charge in [0.25, 0.3) is 0 Å². The Labute approximate surface area is 142 Å². The molecule has 2 aromatic heterocycles. The summed E-state index contributed by atoms with van der Waals surface area (Å²) in [5, 5.41) is 0. The molecule has 0 radical (unpaired) electrons. The van der Waals surface area contributed by atoms with Crippen LogP contribution in [0.4, 0.5) is 0 Å². The molecule has 0 aromatic carbocycles. The van der Waals surface area contributed by atoms with E-state index in [0.29, 0.717) is 13.1 Å². The van der Waals surface area contributed by atoms with Crippen LogP contribution in [-0.4, -0.2) is 50.8 Å². The largest absolute Gasteiger partial charge is 0.333 e. The van der Waals surface area contributed by atoms with Crippen molar-refractivity contribution in [2.24, 2.45) is 0 Å².